The Hall–Kier alpha value is -2.49. The summed E-state index contributed by atoms with van der Waals surface area (Å²) in [6.45, 7) is 0. The lowest BCUT2D eigenvalue weighted by Crippen LogP contribution is -1.96. The second-order valence-corrected chi connectivity index (χ2v) is 4.18. The maximum Gasteiger partial charge on any atom is 0.277 e. The van der Waals surface area contributed by atoms with Crippen LogP contribution in [-0.2, 0) is 11.2 Å². The Labute approximate surface area is 103 Å². The third-order valence-corrected chi connectivity index (χ3v) is 3.25. The number of carbonyl (C=O) groups excluding carboxylic acids is 1. The van der Waals surface area contributed by atoms with Crippen LogP contribution < -0.4 is 0 Å². The summed E-state index contributed by atoms with van der Waals surface area (Å²) in [5.74, 6) is 0. The standard InChI is InChI=1S/C14H8NO3/c16-8-10-5-6-13(15(17)18)14-11-4-2-1-3-9(11)7-12(10)14/h1-6H,7H2. The lowest BCUT2D eigenvalue weighted by Gasteiger charge is -2.03. The van der Waals surface area contributed by atoms with E-state index in [1.54, 1.807) is 0 Å². The molecule has 4 nitrogen and oxygen atoms in total. The van der Waals surface area contributed by atoms with Gasteiger partial charge in [-0.05, 0) is 29.2 Å². The highest BCUT2D eigenvalue weighted by Crippen LogP contribution is 2.43. The highest BCUT2D eigenvalue weighted by molar-refractivity contribution is 5.91. The predicted octanol–water partition coefficient (Wildman–Crippen LogP) is 2.62. The maximum absolute atomic E-state index is 11.1. The molecule has 4 heteroatoms. The molecule has 87 valence electrons. The van der Waals surface area contributed by atoms with Crippen LogP contribution in [0.4, 0.5) is 5.69 Å². The second kappa shape index (κ2) is 3.77. The van der Waals surface area contributed by atoms with Gasteiger partial charge in [0, 0.05) is 11.6 Å². The van der Waals surface area contributed by atoms with Gasteiger partial charge in [0.1, 0.15) is 0 Å². The molecule has 0 N–H and O–H groups in total. The fourth-order valence-electron chi connectivity index (χ4n) is 2.48. The fourth-order valence-corrected chi connectivity index (χ4v) is 2.48. The molecule has 18 heavy (non-hydrogen) atoms. The summed E-state index contributed by atoms with van der Waals surface area (Å²) in [5.41, 5.74) is 3.59. The average molecular weight is 238 g/mol. The van der Waals surface area contributed by atoms with E-state index in [4.69, 9.17) is 0 Å². The third kappa shape index (κ3) is 1.35. The first-order valence-corrected chi connectivity index (χ1v) is 5.49. The first kappa shape index (κ1) is 10.7. The molecule has 0 heterocycles. The van der Waals surface area contributed by atoms with E-state index in [1.807, 2.05) is 30.6 Å². The minimum Gasteiger partial charge on any atom is -0.285 e. The molecule has 2 aromatic carbocycles. The minimum atomic E-state index is -0.407. The Kier molecular flexibility index (Phi) is 2.23. The summed E-state index contributed by atoms with van der Waals surface area (Å²) < 4.78 is 0. The van der Waals surface area contributed by atoms with Crippen LogP contribution in [-0.4, -0.2) is 11.2 Å². The van der Waals surface area contributed by atoms with Crippen molar-refractivity contribution in [3.63, 3.8) is 0 Å². The van der Waals surface area contributed by atoms with Crippen LogP contribution in [0.25, 0.3) is 11.1 Å². The second-order valence-electron chi connectivity index (χ2n) is 4.18. The quantitative estimate of drug-likeness (QED) is 0.509. The summed E-state index contributed by atoms with van der Waals surface area (Å²) in [4.78, 5) is 21.6. The molecule has 0 saturated carbocycles. The Morgan fingerprint density at radius 2 is 1.94 bits per heavy atom. The van der Waals surface area contributed by atoms with Crippen LogP contribution in [0.1, 0.15) is 16.7 Å². The topological polar surface area (TPSA) is 60.2 Å². The van der Waals surface area contributed by atoms with Gasteiger partial charge in [0.2, 0.25) is 6.29 Å². The average Bonchev–Trinajstić information content (AvgIpc) is 2.76. The SMILES string of the molecule is O=[C]c1ccc([N+](=O)[O-])c2c1Cc1ccccc1-2. The molecule has 0 atom stereocenters. The number of nitro benzene ring substituents is 1. The summed E-state index contributed by atoms with van der Waals surface area (Å²) in [6.07, 6.45) is 2.41. The Bertz CT molecular complexity index is 677. The molecule has 0 saturated heterocycles. The van der Waals surface area contributed by atoms with Crippen molar-refractivity contribution in [2.75, 3.05) is 0 Å². The monoisotopic (exact) mass is 238 g/mol. The van der Waals surface area contributed by atoms with Crippen molar-refractivity contribution < 1.29 is 9.72 Å². The van der Waals surface area contributed by atoms with Crippen molar-refractivity contribution in [3.05, 3.63) is 63.2 Å². The van der Waals surface area contributed by atoms with Gasteiger partial charge in [-0.3, -0.25) is 14.9 Å². The van der Waals surface area contributed by atoms with E-state index in [0.717, 1.165) is 11.1 Å². The van der Waals surface area contributed by atoms with Crippen molar-refractivity contribution >= 4 is 12.0 Å². The van der Waals surface area contributed by atoms with Gasteiger partial charge in [-0.1, -0.05) is 24.3 Å². The number of benzene rings is 2. The van der Waals surface area contributed by atoms with E-state index in [2.05, 4.69) is 0 Å². The number of nitro groups is 1. The molecule has 0 bridgehead atoms. The first-order valence-electron chi connectivity index (χ1n) is 5.49. The number of nitrogens with zero attached hydrogens (tertiary/aromatic N) is 1. The molecule has 0 fully saturated rings. The van der Waals surface area contributed by atoms with Crippen LogP contribution in [0.5, 0.6) is 0 Å². The molecule has 0 unspecified atom stereocenters. The van der Waals surface area contributed by atoms with Crippen molar-refractivity contribution in [3.8, 4) is 11.1 Å². The van der Waals surface area contributed by atoms with Crippen molar-refractivity contribution in [1.29, 1.82) is 0 Å². The predicted molar refractivity (Wildman–Crippen MR) is 66.1 cm³/mol. The molecular formula is C14H8NO3. The normalized spacial score (nSPS) is 11.8. The molecular weight excluding hydrogens is 230 g/mol. The van der Waals surface area contributed by atoms with Crippen LogP contribution in [0.3, 0.4) is 0 Å². The van der Waals surface area contributed by atoms with Gasteiger partial charge in [-0.2, -0.15) is 0 Å². The Morgan fingerprint density at radius 3 is 2.67 bits per heavy atom. The molecule has 2 aromatic rings. The van der Waals surface area contributed by atoms with Crippen LogP contribution >= 0.6 is 0 Å². The summed E-state index contributed by atoms with van der Waals surface area (Å²) in [5, 5.41) is 11.1. The molecule has 1 radical (unpaired) electrons. The van der Waals surface area contributed by atoms with E-state index in [-0.39, 0.29) is 5.69 Å². The van der Waals surface area contributed by atoms with Crippen molar-refractivity contribution in [1.82, 2.24) is 0 Å². The van der Waals surface area contributed by atoms with Crippen molar-refractivity contribution in [2.24, 2.45) is 0 Å². The fraction of sp³-hybridized carbons (Fsp3) is 0.0714. The zero-order chi connectivity index (χ0) is 12.7. The summed E-state index contributed by atoms with van der Waals surface area (Å²) >= 11 is 0. The molecule has 3 rings (SSSR count). The molecule has 1 aliphatic rings. The van der Waals surface area contributed by atoms with E-state index < -0.39 is 4.92 Å². The lowest BCUT2D eigenvalue weighted by atomic mass is 10.00. The Morgan fingerprint density at radius 1 is 1.17 bits per heavy atom. The van der Waals surface area contributed by atoms with Gasteiger partial charge in [0.05, 0.1) is 10.5 Å². The van der Waals surface area contributed by atoms with Crippen LogP contribution in [0, 0.1) is 10.1 Å². The maximum atomic E-state index is 11.1. The van der Waals surface area contributed by atoms with Gasteiger partial charge >= 0.3 is 0 Å². The molecule has 0 amide bonds. The van der Waals surface area contributed by atoms with Gasteiger partial charge < -0.3 is 0 Å². The number of hydrogen-bond acceptors (Lipinski definition) is 3. The molecule has 0 aliphatic heterocycles. The zero-order valence-electron chi connectivity index (χ0n) is 9.34. The lowest BCUT2D eigenvalue weighted by molar-refractivity contribution is -0.384. The summed E-state index contributed by atoms with van der Waals surface area (Å²) in [6, 6.07) is 10.4. The van der Waals surface area contributed by atoms with Gasteiger partial charge in [-0.25, -0.2) is 0 Å². The largest absolute Gasteiger partial charge is 0.285 e. The highest BCUT2D eigenvalue weighted by Gasteiger charge is 2.28. The highest BCUT2D eigenvalue weighted by atomic mass is 16.6. The molecule has 0 spiro atoms. The Balaban J connectivity index is 2.37. The van der Waals surface area contributed by atoms with E-state index in [1.165, 1.54) is 12.1 Å². The van der Waals surface area contributed by atoms with Gasteiger partial charge in [0.25, 0.3) is 5.69 Å². The molecule has 0 aromatic heterocycles. The third-order valence-electron chi connectivity index (χ3n) is 3.25. The van der Waals surface area contributed by atoms with Crippen LogP contribution in [0.15, 0.2) is 36.4 Å². The minimum absolute atomic E-state index is 0.0500. The molecule has 1 aliphatic carbocycles. The number of rotatable bonds is 2. The number of fused-ring (bicyclic) bond motifs is 3. The van der Waals surface area contributed by atoms with Gasteiger partial charge in [0.15, 0.2) is 0 Å². The first-order chi connectivity index (χ1) is 8.72. The zero-order valence-corrected chi connectivity index (χ0v) is 9.34. The van der Waals surface area contributed by atoms with E-state index in [0.29, 0.717) is 23.1 Å². The smallest absolute Gasteiger partial charge is 0.277 e. The summed E-state index contributed by atoms with van der Waals surface area (Å²) in [7, 11) is 0. The van der Waals surface area contributed by atoms with E-state index in [9.17, 15) is 14.9 Å². The van der Waals surface area contributed by atoms with Crippen molar-refractivity contribution in [2.45, 2.75) is 6.42 Å². The van der Waals surface area contributed by atoms with Gasteiger partial charge in [-0.15, -0.1) is 0 Å². The number of hydrogen-bond donors (Lipinski definition) is 0. The van der Waals surface area contributed by atoms with E-state index >= 15 is 0 Å². The van der Waals surface area contributed by atoms with Crippen LogP contribution in [0.2, 0.25) is 0 Å².